The summed E-state index contributed by atoms with van der Waals surface area (Å²) in [7, 11) is 0. The highest BCUT2D eigenvalue weighted by atomic mass is 16.1. The highest BCUT2D eigenvalue weighted by Crippen LogP contribution is 2.15. The van der Waals surface area contributed by atoms with Crippen LogP contribution in [0.3, 0.4) is 0 Å². The van der Waals surface area contributed by atoms with E-state index in [1.54, 1.807) is 18.2 Å². The predicted octanol–water partition coefficient (Wildman–Crippen LogP) is 3.43. The number of hydrogen-bond donors (Lipinski definition) is 0. The van der Waals surface area contributed by atoms with Crippen LogP contribution in [-0.4, -0.2) is 12.6 Å². The van der Waals surface area contributed by atoms with Gasteiger partial charge in [-0.2, -0.15) is 0 Å². The number of aldehydes is 2. The zero-order chi connectivity index (χ0) is 11.8. The van der Waals surface area contributed by atoms with Crippen molar-refractivity contribution in [2.75, 3.05) is 0 Å². The number of rotatable bonds is 7. The molecule has 1 aromatic carbocycles. The summed E-state index contributed by atoms with van der Waals surface area (Å²) < 4.78 is 0. The van der Waals surface area contributed by atoms with Crippen molar-refractivity contribution in [1.82, 2.24) is 0 Å². The van der Waals surface area contributed by atoms with Crippen LogP contribution in [0.15, 0.2) is 18.2 Å². The average molecular weight is 218 g/mol. The van der Waals surface area contributed by atoms with Crippen molar-refractivity contribution < 1.29 is 9.59 Å². The topological polar surface area (TPSA) is 34.1 Å². The molecule has 1 aromatic rings. The Morgan fingerprint density at radius 3 is 2.12 bits per heavy atom. The molecule has 0 heterocycles. The molecule has 2 nitrogen and oxygen atoms in total. The average Bonchev–Trinajstić information content (AvgIpc) is 2.34. The zero-order valence-corrected chi connectivity index (χ0v) is 9.74. The summed E-state index contributed by atoms with van der Waals surface area (Å²) in [5.41, 5.74) is 2.21. The first kappa shape index (κ1) is 12.6. The van der Waals surface area contributed by atoms with Crippen LogP contribution in [0.1, 0.15) is 58.9 Å². The van der Waals surface area contributed by atoms with E-state index in [1.807, 2.05) is 0 Å². The number of carbonyl (C=O) groups is 2. The normalized spacial score (nSPS) is 10.1. The van der Waals surface area contributed by atoms with E-state index in [4.69, 9.17) is 0 Å². The maximum absolute atomic E-state index is 10.9. The number of hydrogen-bond acceptors (Lipinski definition) is 2. The highest BCUT2D eigenvalue weighted by molar-refractivity contribution is 5.85. The maximum Gasteiger partial charge on any atom is 0.150 e. The van der Waals surface area contributed by atoms with E-state index in [0.717, 1.165) is 37.4 Å². The van der Waals surface area contributed by atoms with Crippen LogP contribution in [0.4, 0.5) is 0 Å². The lowest BCUT2D eigenvalue weighted by molar-refractivity contribution is 0.112. The standard InChI is InChI=1S/C14H18O2/c1-2-3-4-5-9-14-12(10-15)7-6-8-13(14)11-16/h6-8,10-11H,2-5,9H2,1H3. The van der Waals surface area contributed by atoms with Crippen molar-refractivity contribution >= 4 is 12.6 Å². The van der Waals surface area contributed by atoms with Gasteiger partial charge in [-0.15, -0.1) is 0 Å². The Morgan fingerprint density at radius 2 is 1.62 bits per heavy atom. The van der Waals surface area contributed by atoms with Crippen molar-refractivity contribution in [3.63, 3.8) is 0 Å². The Kier molecular flexibility index (Phi) is 5.48. The summed E-state index contributed by atoms with van der Waals surface area (Å²) >= 11 is 0. The molecule has 0 aliphatic heterocycles. The third kappa shape index (κ3) is 3.30. The van der Waals surface area contributed by atoms with E-state index in [0.29, 0.717) is 11.1 Å². The minimum Gasteiger partial charge on any atom is -0.298 e. The van der Waals surface area contributed by atoms with Gasteiger partial charge in [-0.3, -0.25) is 9.59 Å². The molecule has 2 heteroatoms. The molecule has 0 bridgehead atoms. The summed E-state index contributed by atoms with van der Waals surface area (Å²) in [5, 5.41) is 0. The molecule has 0 atom stereocenters. The lowest BCUT2D eigenvalue weighted by atomic mass is 9.97. The Balaban J connectivity index is 2.75. The maximum atomic E-state index is 10.9. The van der Waals surface area contributed by atoms with E-state index in [2.05, 4.69) is 6.92 Å². The lowest BCUT2D eigenvalue weighted by Gasteiger charge is -2.07. The second kappa shape index (κ2) is 6.94. The monoisotopic (exact) mass is 218 g/mol. The molecule has 0 aliphatic carbocycles. The van der Waals surface area contributed by atoms with Crippen molar-refractivity contribution in [1.29, 1.82) is 0 Å². The van der Waals surface area contributed by atoms with Crippen LogP contribution in [0.2, 0.25) is 0 Å². The molecule has 0 saturated heterocycles. The molecule has 0 aromatic heterocycles. The Bertz CT molecular complexity index is 330. The summed E-state index contributed by atoms with van der Waals surface area (Å²) in [6, 6.07) is 5.30. The van der Waals surface area contributed by atoms with E-state index in [9.17, 15) is 9.59 Å². The number of carbonyl (C=O) groups excluding carboxylic acids is 2. The molecule has 0 spiro atoms. The first-order valence-corrected chi connectivity index (χ1v) is 5.85. The molecule has 0 aliphatic rings. The van der Waals surface area contributed by atoms with Crippen LogP contribution in [-0.2, 0) is 6.42 Å². The van der Waals surface area contributed by atoms with E-state index in [1.165, 1.54) is 12.8 Å². The van der Waals surface area contributed by atoms with Gasteiger partial charge in [-0.05, 0) is 18.4 Å². The molecule has 0 unspecified atom stereocenters. The van der Waals surface area contributed by atoms with Gasteiger partial charge in [-0.1, -0.05) is 44.4 Å². The van der Waals surface area contributed by atoms with Crippen molar-refractivity contribution in [3.8, 4) is 0 Å². The molecule has 0 fully saturated rings. The zero-order valence-electron chi connectivity index (χ0n) is 9.74. The van der Waals surface area contributed by atoms with E-state index < -0.39 is 0 Å². The largest absolute Gasteiger partial charge is 0.298 e. The fourth-order valence-electron chi connectivity index (χ4n) is 1.86. The lowest BCUT2D eigenvalue weighted by Crippen LogP contribution is -1.99. The molecule has 86 valence electrons. The molecular weight excluding hydrogens is 200 g/mol. The smallest absolute Gasteiger partial charge is 0.150 e. The van der Waals surface area contributed by atoms with Crippen LogP contribution in [0.5, 0.6) is 0 Å². The van der Waals surface area contributed by atoms with E-state index >= 15 is 0 Å². The van der Waals surface area contributed by atoms with E-state index in [-0.39, 0.29) is 0 Å². The molecular formula is C14H18O2. The van der Waals surface area contributed by atoms with Crippen LogP contribution < -0.4 is 0 Å². The van der Waals surface area contributed by atoms with Crippen LogP contribution in [0.25, 0.3) is 0 Å². The van der Waals surface area contributed by atoms with Gasteiger partial charge in [0, 0.05) is 11.1 Å². The fraction of sp³-hybridized carbons (Fsp3) is 0.429. The molecule has 0 amide bonds. The molecule has 1 rings (SSSR count). The summed E-state index contributed by atoms with van der Waals surface area (Å²) in [4.78, 5) is 21.7. The van der Waals surface area contributed by atoms with Crippen molar-refractivity contribution in [2.45, 2.75) is 39.0 Å². The van der Waals surface area contributed by atoms with Crippen molar-refractivity contribution in [2.24, 2.45) is 0 Å². The molecule has 0 radical (unpaired) electrons. The van der Waals surface area contributed by atoms with Gasteiger partial charge in [0.05, 0.1) is 0 Å². The third-order valence-electron chi connectivity index (χ3n) is 2.78. The summed E-state index contributed by atoms with van der Waals surface area (Å²) in [5.74, 6) is 0. The fourth-order valence-corrected chi connectivity index (χ4v) is 1.86. The van der Waals surface area contributed by atoms with Gasteiger partial charge in [0.15, 0.2) is 0 Å². The van der Waals surface area contributed by atoms with Crippen LogP contribution in [0, 0.1) is 0 Å². The second-order valence-corrected chi connectivity index (χ2v) is 3.96. The van der Waals surface area contributed by atoms with Crippen molar-refractivity contribution in [3.05, 3.63) is 34.9 Å². The Hall–Kier alpha value is -1.44. The minimum absolute atomic E-state index is 0.654. The highest BCUT2D eigenvalue weighted by Gasteiger charge is 2.06. The molecule has 0 saturated carbocycles. The Morgan fingerprint density at radius 1 is 1.00 bits per heavy atom. The first-order chi connectivity index (χ1) is 7.83. The summed E-state index contributed by atoms with van der Waals surface area (Å²) in [6.07, 6.45) is 7.09. The quantitative estimate of drug-likeness (QED) is 0.519. The second-order valence-electron chi connectivity index (χ2n) is 3.96. The third-order valence-corrected chi connectivity index (χ3v) is 2.78. The van der Waals surface area contributed by atoms with Gasteiger partial charge < -0.3 is 0 Å². The SMILES string of the molecule is CCCCCCc1c(C=O)cccc1C=O. The molecule has 16 heavy (non-hydrogen) atoms. The summed E-state index contributed by atoms with van der Waals surface area (Å²) in [6.45, 7) is 2.16. The van der Waals surface area contributed by atoms with Gasteiger partial charge >= 0.3 is 0 Å². The molecule has 0 N–H and O–H groups in total. The van der Waals surface area contributed by atoms with Gasteiger partial charge in [0.25, 0.3) is 0 Å². The van der Waals surface area contributed by atoms with Gasteiger partial charge in [-0.25, -0.2) is 0 Å². The number of unbranched alkanes of at least 4 members (excludes halogenated alkanes) is 3. The van der Waals surface area contributed by atoms with Crippen LogP contribution >= 0.6 is 0 Å². The minimum atomic E-state index is 0.654. The predicted molar refractivity (Wildman–Crippen MR) is 65.1 cm³/mol. The first-order valence-electron chi connectivity index (χ1n) is 5.85. The Labute approximate surface area is 96.7 Å². The number of benzene rings is 1. The van der Waals surface area contributed by atoms with Gasteiger partial charge in [0.1, 0.15) is 12.6 Å². The van der Waals surface area contributed by atoms with Gasteiger partial charge in [0.2, 0.25) is 0 Å².